The molecule has 0 saturated carbocycles. The average Bonchev–Trinajstić information content (AvgIpc) is 2.81. The summed E-state index contributed by atoms with van der Waals surface area (Å²) in [6, 6.07) is 9.42. The molecule has 1 fully saturated rings. The van der Waals surface area contributed by atoms with E-state index in [2.05, 4.69) is 0 Å². The lowest BCUT2D eigenvalue weighted by Crippen LogP contribution is -2.45. The lowest BCUT2D eigenvalue weighted by atomic mass is 10.0. The summed E-state index contributed by atoms with van der Waals surface area (Å²) in [7, 11) is 0. The van der Waals surface area contributed by atoms with E-state index < -0.39 is 18.3 Å². The molecule has 0 aliphatic carbocycles. The Morgan fingerprint density at radius 2 is 2.17 bits per heavy atom. The van der Waals surface area contributed by atoms with Crippen molar-refractivity contribution in [3.05, 3.63) is 35.9 Å². The summed E-state index contributed by atoms with van der Waals surface area (Å²) in [5.41, 5.74) is 5.80. The Balaban J connectivity index is 1.83. The predicted molar refractivity (Wildman–Crippen MR) is 65.7 cm³/mol. The maximum atomic E-state index is 12.7. The topological polar surface area (TPSA) is 55.6 Å². The minimum Gasteiger partial charge on any atom is -0.445 e. The zero-order chi connectivity index (χ0) is 13.0. The summed E-state index contributed by atoms with van der Waals surface area (Å²) in [5, 5.41) is 0. The van der Waals surface area contributed by atoms with Crippen molar-refractivity contribution in [1.82, 2.24) is 4.90 Å². The van der Waals surface area contributed by atoms with Crippen molar-refractivity contribution < 1.29 is 13.9 Å². The fourth-order valence-electron chi connectivity index (χ4n) is 1.97. The van der Waals surface area contributed by atoms with Crippen molar-refractivity contribution >= 4 is 6.09 Å². The lowest BCUT2D eigenvalue weighted by Gasteiger charge is -2.20. The van der Waals surface area contributed by atoms with Crippen LogP contribution in [0.3, 0.4) is 0 Å². The summed E-state index contributed by atoms with van der Waals surface area (Å²) in [6.07, 6.45) is 0.0452. The largest absolute Gasteiger partial charge is 0.445 e. The minimum absolute atomic E-state index is 0.219. The highest BCUT2D eigenvalue weighted by atomic mass is 19.1. The number of carbonyl (C=O) groups excluding carboxylic acids is 1. The highest BCUT2D eigenvalue weighted by Crippen LogP contribution is 2.20. The Hall–Kier alpha value is -1.62. The van der Waals surface area contributed by atoms with Gasteiger partial charge < -0.3 is 15.4 Å². The van der Waals surface area contributed by atoms with Crippen molar-refractivity contribution in [2.75, 3.05) is 19.8 Å². The fraction of sp³-hybridized carbons (Fsp3) is 0.462. The van der Waals surface area contributed by atoms with Crippen molar-refractivity contribution in [2.24, 2.45) is 5.73 Å². The van der Waals surface area contributed by atoms with Crippen molar-refractivity contribution in [3.8, 4) is 0 Å². The van der Waals surface area contributed by atoms with Gasteiger partial charge in [0.1, 0.15) is 13.3 Å². The van der Waals surface area contributed by atoms with Crippen LogP contribution in [0, 0.1) is 0 Å². The van der Waals surface area contributed by atoms with Crippen LogP contribution in [0.2, 0.25) is 0 Å². The molecule has 4 nitrogen and oxygen atoms in total. The molecular formula is C13H17FN2O2. The monoisotopic (exact) mass is 252 g/mol. The molecule has 1 aromatic carbocycles. The van der Waals surface area contributed by atoms with Gasteiger partial charge in [-0.25, -0.2) is 9.18 Å². The quantitative estimate of drug-likeness (QED) is 0.890. The molecule has 0 aromatic heterocycles. The maximum absolute atomic E-state index is 12.7. The smallest absolute Gasteiger partial charge is 0.410 e. The summed E-state index contributed by atoms with van der Waals surface area (Å²) < 4.78 is 17.8. The number of alkyl halides is 1. The number of carbonyl (C=O) groups is 1. The second kappa shape index (κ2) is 5.35. The van der Waals surface area contributed by atoms with Gasteiger partial charge in [-0.15, -0.1) is 0 Å². The van der Waals surface area contributed by atoms with E-state index in [0.29, 0.717) is 13.0 Å². The standard InChI is InChI=1S/C13H17FN2O2/c14-9-13(15)6-7-16(10-13)12(17)18-8-11-4-2-1-3-5-11/h1-5H,6-10,15H2/t13-/m0/s1. The number of nitrogens with two attached hydrogens (primary N) is 1. The van der Waals surface area contributed by atoms with Crippen LogP contribution in [0.4, 0.5) is 9.18 Å². The molecule has 0 bridgehead atoms. The van der Waals surface area contributed by atoms with Crippen LogP contribution in [-0.2, 0) is 11.3 Å². The zero-order valence-corrected chi connectivity index (χ0v) is 10.1. The van der Waals surface area contributed by atoms with Crippen LogP contribution in [-0.4, -0.2) is 36.3 Å². The number of nitrogens with zero attached hydrogens (tertiary/aromatic N) is 1. The third kappa shape index (κ3) is 2.98. The van der Waals surface area contributed by atoms with E-state index in [-0.39, 0.29) is 13.2 Å². The SMILES string of the molecule is N[C@]1(CF)CCN(C(=O)OCc2ccccc2)C1. The molecular weight excluding hydrogens is 235 g/mol. The summed E-state index contributed by atoms with van der Waals surface area (Å²) in [6.45, 7) is 0.282. The van der Waals surface area contributed by atoms with E-state index in [9.17, 15) is 9.18 Å². The van der Waals surface area contributed by atoms with Gasteiger partial charge in [-0.1, -0.05) is 30.3 Å². The van der Waals surface area contributed by atoms with Gasteiger partial charge in [-0.3, -0.25) is 0 Å². The van der Waals surface area contributed by atoms with E-state index in [1.54, 1.807) is 0 Å². The fourth-order valence-corrected chi connectivity index (χ4v) is 1.97. The van der Waals surface area contributed by atoms with Crippen molar-refractivity contribution in [2.45, 2.75) is 18.6 Å². The second-order valence-electron chi connectivity index (χ2n) is 4.71. The molecule has 5 heteroatoms. The molecule has 1 amide bonds. The molecule has 18 heavy (non-hydrogen) atoms. The first-order valence-corrected chi connectivity index (χ1v) is 5.93. The molecule has 0 spiro atoms. The van der Waals surface area contributed by atoms with Crippen molar-refractivity contribution in [1.29, 1.82) is 0 Å². The summed E-state index contributed by atoms with van der Waals surface area (Å²) >= 11 is 0. The van der Waals surface area contributed by atoms with Gasteiger partial charge in [0.15, 0.2) is 0 Å². The van der Waals surface area contributed by atoms with Gasteiger partial charge in [-0.05, 0) is 12.0 Å². The molecule has 2 rings (SSSR count). The normalized spacial score (nSPS) is 23.1. The number of likely N-dealkylation sites (tertiary alicyclic amines) is 1. The van der Waals surface area contributed by atoms with Gasteiger partial charge in [-0.2, -0.15) is 0 Å². The molecule has 1 aliphatic heterocycles. The molecule has 1 heterocycles. The number of hydrogen-bond donors (Lipinski definition) is 1. The maximum Gasteiger partial charge on any atom is 0.410 e. The van der Waals surface area contributed by atoms with E-state index >= 15 is 0 Å². The number of halogens is 1. The summed E-state index contributed by atoms with van der Waals surface area (Å²) in [4.78, 5) is 13.2. The molecule has 98 valence electrons. The minimum atomic E-state index is -0.897. The third-order valence-corrected chi connectivity index (χ3v) is 3.11. The molecule has 0 unspecified atom stereocenters. The Morgan fingerprint density at radius 3 is 2.78 bits per heavy atom. The van der Waals surface area contributed by atoms with Crippen LogP contribution >= 0.6 is 0 Å². The van der Waals surface area contributed by atoms with Gasteiger partial charge in [0, 0.05) is 13.1 Å². The average molecular weight is 252 g/mol. The van der Waals surface area contributed by atoms with E-state index in [1.165, 1.54) is 4.90 Å². The summed E-state index contributed by atoms with van der Waals surface area (Å²) in [5.74, 6) is 0. The molecule has 0 radical (unpaired) electrons. The molecule has 1 saturated heterocycles. The van der Waals surface area contributed by atoms with Crippen LogP contribution in [0.5, 0.6) is 0 Å². The van der Waals surface area contributed by atoms with Crippen LogP contribution in [0.25, 0.3) is 0 Å². The van der Waals surface area contributed by atoms with Gasteiger partial charge >= 0.3 is 6.09 Å². The molecule has 1 atom stereocenters. The number of hydrogen-bond acceptors (Lipinski definition) is 3. The lowest BCUT2D eigenvalue weighted by molar-refractivity contribution is 0.101. The first-order valence-electron chi connectivity index (χ1n) is 5.93. The highest BCUT2D eigenvalue weighted by molar-refractivity contribution is 5.68. The van der Waals surface area contributed by atoms with E-state index in [0.717, 1.165) is 5.56 Å². The van der Waals surface area contributed by atoms with E-state index in [1.807, 2.05) is 30.3 Å². The third-order valence-electron chi connectivity index (χ3n) is 3.11. The van der Waals surface area contributed by atoms with E-state index in [4.69, 9.17) is 10.5 Å². The molecule has 1 aliphatic rings. The Morgan fingerprint density at radius 1 is 1.44 bits per heavy atom. The van der Waals surface area contributed by atoms with Crippen LogP contribution in [0.1, 0.15) is 12.0 Å². The number of amides is 1. The van der Waals surface area contributed by atoms with Crippen LogP contribution < -0.4 is 5.73 Å². The highest BCUT2D eigenvalue weighted by Gasteiger charge is 2.37. The zero-order valence-electron chi connectivity index (χ0n) is 10.1. The molecule has 1 aromatic rings. The molecule has 2 N–H and O–H groups in total. The van der Waals surface area contributed by atoms with Gasteiger partial charge in [0.05, 0.1) is 5.54 Å². The predicted octanol–water partition coefficient (Wildman–Crippen LogP) is 1.70. The first-order chi connectivity index (χ1) is 8.63. The van der Waals surface area contributed by atoms with Crippen molar-refractivity contribution in [3.63, 3.8) is 0 Å². The number of ether oxygens (including phenoxy) is 1. The Bertz CT molecular complexity index is 413. The van der Waals surface area contributed by atoms with Gasteiger partial charge in [0.2, 0.25) is 0 Å². The van der Waals surface area contributed by atoms with Gasteiger partial charge in [0.25, 0.3) is 0 Å². The van der Waals surface area contributed by atoms with Crippen LogP contribution in [0.15, 0.2) is 30.3 Å². The first kappa shape index (κ1) is 12.8. The number of rotatable bonds is 3. The number of benzene rings is 1. The Labute approximate surface area is 106 Å². The second-order valence-corrected chi connectivity index (χ2v) is 4.71. The Kier molecular flexibility index (Phi) is 3.81.